The van der Waals surface area contributed by atoms with Gasteiger partial charge in [0.15, 0.2) is 6.54 Å². The number of benzene rings is 1. The highest BCUT2D eigenvalue weighted by atomic mass is 32.2. The highest BCUT2D eigenvalue weighted by molar-refractivity contribution is 7.89. The number of hydrogen-bond acceptors (Lipinski definition) is 4. The lowest BCUT2D eigenvalue weighted by Crippen LogP contribution is -3.15. The van der Waals surface area contributed by atoms with Gasteiger partial charge in [-0.25, -0.2) is 8.42 Å². The number of nitrogens with zero attached hydrogens (tertiary/aromatic N) is 2. The summed E-state index contributed by atoms with van der Waals surface area (Å²) in [5, 5.41) is 2.91. The number of aryl methyl sites for hydroxylation is 1. The number of sulfonamides is 1. The fraction of sp³-hybridized carbons (Fsp3) is 0.600. The molecule has 0 saturated carbocycles. The highest BCUT2D eigenvalue weighted by Crippen LogP contribution is 2.16. The van der Waals surface area contributed by atoms with Gasteiger partial charge in [0.2, 0.25) is 15.9 Å². The summed E-state index contributed by atoms with van der Waals surface area (Å²) in [6.07, 6.45) is 2.33. The predicted molar refractivity (Wildman–Crippen MR) is 109 cm³/mol. The number of piperazine rings is 1. The van der Waals surface area contributed by atoms with Gasteiger partial charge in [-0.05, 0) is 31.9 Å². The van der Waals surface area contributed by atoms with E-state index in [0.717, 1.165) is 29.8 Å². The second-order valence-electron chi connectivity index (χ2n) is 7.83. The van der Waals surface area contributed by atoms with Gasteiger partial charge in [0, 0.05) is 26.1 Å². The third-order valence-electron chi connectivity index (χ3n) is 5.60. The van der Waals surface area contributed by atoms with E-state index in [2.05, 4.69) is 5.32 Å². The van der Waals surface area contributed by atoms with Gasteiger partial charge in [0.25, 0.3) is 5.91 Å². The van der Waals surface area contributed by atoms with Crippen molar-refractivity contribution in [1.29, 1.82) is 0 Å². The quantitative estimate of drug-likeness (QED) is 0.526. The summed E-state index contributed by atoms with van der Waals surface area (Å²) >= 11 is 0. The Labute approximate surface area is 172 Å². The van der Waals surface area contributed by atoms with E-state index < -0.39 is 10.0 Å². The first-order valence-electron chi connectivity index (χ1n) is 10.3. The zero-order valence-electron chi connectivity index (χ0n) is 17.0. The maximum absolute atomic E-state index is 12.7. The molecule has 2 aliphatic rings. The van der Waals surface area contributed by atoms with Crippen molar-refractivity contribution in [3.8, 4) is 0 Å². The number of carbonyl (C=O) groups is 2. The SMILES string of the molecule is Cc1ccc(S(=O)(=O)N2CC[NH+](CC(=O)NCCCN3CCCC3=O)CC2)cc1. The van der Waals surface area contributed by atoms with Crippen molar-refractivity contribution in [2.24, 2.45) is 0 Å². The normalized spacial score (nSPS) is 18.9. The van der Waals surface area contributed by atoms with Gasteiger partial charge in [-0.2, -0.15) is 4.31 Å². The highest BCUT2D eigenvalue weighted by Gasteiger charge is 2.31. The maximum Gasteiger partial charge on any atom is 0.275 e. The summed E-state index contributed by atoms with van der Waals surface area (Å²) in [5.74, 6) is 0.182. The molecule has 3 rings (SSSR count). The van der Waals surface area contributed by atoms with Crippen molar-refractivity contribution in [3.05, 3.63) is 29.8 Å². The minimum atomic E-state index is -3.47. The zero-order valence-corrected chi connectivity index (χ0v) is 17.8. The summed E-state index contributed by atoms with van der Waals surface area (Å²) in [5.41, 5.74) is 1.02. The van der Waals surface area contributed by atoms with Crippen LogP contribution in [0.25, 0.3) is 0 Å². The summed E-state index contributed by atoms with van der Waals surface area (Å²) in [6, 6.07) is 6.90. The van der Waals surface area contributed by atoms with Gasteiger partial charge in [-0.1, -0.05) is 17.7 Å². The third kappa shape index (κ3) is 5.77. The Morgan fingerprint density at radius 1 is 1.14 bits per heavy atom. The molecule has 0 aliphatic carbocycles. The molecule has 0 aromatic heterocycles. The Kier molecular flexibility index (Phi) is 7.26. The number of amides is 2. The van der Waals surface area contributed by atoms with Gasteiger partial charge >= 0.3 is 0 Å². The van der Waals surface area contributed by atoms with Crippen LogP contribution >= 0.6 is 0 Å². The van der Waals surface area contributed by atoms with Crippen molar-refractivity contribution in [2.45, 2.75) is 31.1 Å². The molecule has 0 radical (unpaired) electrons. The standard InChI is InChI=1S/C20H30N4O4S/c1-17-5-7-18(8-6-17)29(27,28)24-14-12-22(13-15-24)16-19(25)21-9-3-11-23-10-2-4-20(23)26/h5-8H,2-4,9-16H2,1H3,(H,21,25)/p+1. The Morgan fingerprint density at radius 3 is 2.45 bits per heavy atom. The average Bonchev–Trinajstić information content (AvgIpc) is 3.11. The lowest BCUT2D eigenvalue weighted by atomic mass is 10.2. The third-order valence-corrected chi connectivity index (χ3v) is 7.51. The molecule has 2 aliphatic heterocycles. The monoisotopic (exact) mass is 423 g/mol. The zero-order chi connectivity index (χ0) is 20.9. The van der Waals surface area contributed by atoms with Crippen molar-refractivity contribution in [3.63, 3.8) is 0 Å². The maximum atomic E-state index is 12.7. The molecular weight excluding hydrogens is 392 g/mol. The molecule has 9 heteroatoms. The molecule has 2 N–H and O–H groups in total. The van der Waals surface area contributed by atoms with Crippen LogP contribution in [-0.4, -0.2) is 81.8 Å². The van der Waals surface area contributed by atoms with E-state index in [1.807, 2.05) is 11.8 Å². The van der Waals surface area contributed by atoms with E-state index in [1.54, 1.807) is 24.3 Å². The fourth-order valence-electron chi connectivity index (χ4n) is 3.81. The number of carbonyl (C=O) groups excluding carboxylic acids is 2. The molecule has 2 fully saturated rings. The fourth-order valence-corrected chi connectivity index (χ4v) is 5.25. The molecule has 2 amide bonds. The van der Waals surface area contributed by atoms with Crippen molar-refractivity contribution < 1.29 is 22.9 Å². The molecule has 8 nitrogen and oxygen atoms in total. The van der Waals surface area contributed by atoms with Gasteiger partial charge in [-0.15, -0.1) is 0 Å². The van der Waals surface area contributed by atoms with E-state index in [1.165, 1.54) is 4.31 Å². The van der Waals surface area contributed by atoms with Gasteiger partial charge < -0.3 is 15.1 Å². The van der Waals surface area contributed by atoms with Crippen LogP contribution in [0.2, 0.25) is 0 Å². The van der Waals surface area contributed by atoms with Crippen LogP contribution in [0.1, 0.15) is 24.8 Å². The van der Waals surface area contributed by atoms with Crippen LogP contribution in [0.15, 0.2) is 29.2 Å². The summed E-state index contributed by atoms with van der Waals surface area (Å²) in [6.45, 7) is 6.40. The van der Waals surface area contributed by atoms with Crippen LogP contribution in [-0.2, 0) is 19.6 Å². The molecule has 2 heterocycles. The van der Waals surface area contributed by atoms with Crippen LogP contribution in [0, 0.1) is 6.92 Å². The number of nitrogens with one attached hydrogen (secondary N) is 2. The van der Waals surface area contributed by atoms with Crippen LogP contribution in [0.4, 0.5) is 0 Å². The summed E-state index contributed by atoms with van der Waals surface area (Å²) in [4.78, 5) is 27.0. The van der Waals surface area contributed by atoms with Gasteiger partial charge in [0.1, 0.15) is 0 Å². The molecule has 1 aromatic rings. The lowest BCUT2D eigenvalue weighted by Gasteiger charge is -2.31. The Hall–Kier alpha value is -1.97. The first-order chi connectivity index (χ1) is 13.9. The first-order valence-corrected chi connectivity index (χ1v) is 11.7. The predicted octanol–water partition coefficient (Wildman–Crippen LogP) is -0.987. The van der Waals surface area contributed by atoms with Crippen LogP contribution in [0.3, 0.4) is 0 Å². The summed E-state index contributed by atoms with van der Waals surface area (Å²) in [7, 11) is -3.47. The number of likely N-dealkylation sites (tertiary alicyclic amines) is 1. The van der Waals surface area contributed by atoms with Gasteiger partial charge in [-0.3, -0.25) is 9.59 Å². The minimum Gasteiger partial charge on any atom is -0.351 e. The van der Waals surface area contributed by atoms with E-state index in [4.69, 9.17) is 0 Å². The van der Waals surface area contributed by atoms with Crippen LogP contribution < -0.4 is 10.2 Å². The van der Waals surface area contributed by atoms with Crippen LogP contribution in [0.5, 0.6) is 0 Å². The molecule has 0 atom stereocenters. The number of quaternary nitrogens is 1. The van der Waals surface area contributed by atoms with E-state index >= 15 is 0 Å². The average molecular weight is 424 g/mol. The molecule has 29 heavy (non-hydrogen) atoms. The molecule has 0 spiro atoms. The van der Waals surface area contributed by atoms with Crippen molar-refractivity contribution >= 4 is 21.8 Å². The van der Waals surface area contributed by atoms with Crippen molar-refractivity contribution in [1.82, 2.24) is 14.5 Å². The largest absolute Gasteiger partial charge is 0.351 e. The topological polar surface area (TPSA) is 91.2 Å². The number of rotatable bonds is 8. The van der Waals surface area contributed by atoms with Crippen molar-refractivity contribution in [2.75, 3.05) is 52.4 Å². The Morgan fingerprint density at radius 2 is 1.83 bits per heavy atom. The summed E-state index contributed by atoms with van der Waals surface area (Å²) < 4.78 is 27.0. The number of hydrogen-bond donors (Lipinski definition) is 2. The lowest BCUT2D eigenvalue weighted by molar-refractivity contribution is -0.895. The van der Waals surface area contributed by atoms with E-state index in [9.17, 15) is 18.0 Å². The Bertz CT molecular complexity index is 817. The molecule has 1 aromatic carbocycles. The molecule has 0 unspecified atom stereocenters. The van der Waals surface area contributed by atoms with E-state index in [-0.39, 0.29) is 11.8 Å². The first kappa shape index (κ1) is 21.7. The molecule has 2 saturated heterocycles. The Balaban J connectivity index is 1.37. The van der Waals surface area contributed by atoms with Gasteiger partial charge in [0.05, 0.1) is 31.1 Å². The second kappa shape index (κ2) is 9.69. The molecular formula is C20H31N4O4S+. The van der Waals surface area contributed by atoms with E-state index in [0.29, 0.717) is 57.1 Å². The minimum absolute atomic E-state index is 0.0254. The second-order valence-corrected chi connectivity index (χ2v) is 9.77. The molecule has 160 valence electrons. The smallest absolute Gasteiger partial charge is 0.275 e. The molecule has 0 bridgehead atoms.